The first-order valence-electron chi connectivity index (χ1n) is 7.21. The quantitative estimate of drug-likeness (QED) is 0.774. The summed E-state index contributed by atoms with van der Waals surface area (Å²) in [6.45, 7) is 5.88. The van der Waals surface area contributed by atoms with E-state index < -0.39 is 10.0 Å². The van der Waals surface area contributed by atoms with Crippen LogP contribution in [0.4, 0.5) is 5.69 Å². The van der Waals surface area contributed by atoms with Crippen LogP contribution in [0.2, 0.25) is 0 Å². The van der Waals surface area contributed by atoms with E-state index in [2.05, 4.69) is 10.0 Å². The summed E-state index contributed by atoms with van der Waals surface area (Å²) in [6, 6.07) is 7.16. The minimum atomic E-state index is -3.20. The van der Waals surface area contributed by atoms with E-state index in [4.69, 9.17) is 0 Å². The maximum absolute atomic E-state index is 11.7. The zero-order valence-corrected chi connectivity index (χ0v) is 13.7. The third kappa shape index (κ3) is 6.73. The molecule has 0 heterocycles. The van der Waals surface area contributed by atoms with Crippen LogP contribution < -0.4 is 10.0 Å². The number of benzene rings is 1. The molecule has 0 fully saturated rings. The molecule has 0 aliphatic rings. The first kappa shape index (κ1) is 17.7. The zero-order chi connectivity index (χ0) is 15.9. The molecule has 0 aromatic heterocycles. The number of amides is 1. The number of carbonyl (C=O) groups excluding carboxylic acids is 1. The van der Waals surface area contributed by atoms with Crippen molar-refractivity contribution >= 4 is 21.6 Å². The fraction of sp³-hybridized carbons (Fsp3) is 0.533. The average Bonchev–Trinajstić information content (AvgIpc) is 2.44. The van der Waals surface area contributed by atoms with Crippen LogP contribution >= 0.6 is 0 Å². The maximum atomic E-state index is 11.7. The van der Waals surface area contributed by atoms with E-state index in [0.717, 1.165) is 12.0 Å². The van der Waals surface area contributed by atoms with E-state index in [-0.39, 0.29) is 24.1 Å². The lowest BCUT2D eigenvalue weighted by Gasteiger charge is -2.09. The summed E-state index contributed by atoms with van der Waals surface area (Å²) in [5.74, 6) is 0.0459. The molecule has 1 rings (SSSR count). The van der Waals surface area contributed by atoms with E-state index in [9.17, 15) is 13.2 Å². The second kappa shape index (κ2) is 8.14. The summed E-state index contributed by atoms with van der Waals surface area (Å²) in [5.41, 5.74) is 1.57. The molecule has 0 aliphatic heterocycles. The van der Waals surface area contributed by atoms with Crippen molar-refractivity contribution in [3.05, 3.63) is 29.8 Å². The van der Waals surface area contributed by atoms with Gasteiger partial charge in [0.2, 0.25) is 15.9 Å². The number of nitrogens with one attached hydrogen (secondary N) is 2. The molecule has 0 unspecified atom stereocenters. The molecule has 6 heteroatoms. The first-order valence-corrected chi connectivity index (χ1v) is 8.86. The van der Waals surface area contributed by atoms with Crippen molar-refractivity contribution in [3.63, 3.8) is 0 Å². The summed E-state index contributed by atoms with van der Waals surface area (Å²) in [4.78, 5) is 11.6. The summed E-state index contributed by atoms with van der Waals surface area (Å²) >= 11 is 0. The standard InChI is InChI=1S/C15H24N2O3S/c1-4-5-10-21(19,20)16-11-13-6-8-14(9-7-13)17-15(18)12(2)3/h6-9,12,16H,4-5,10-11H2,1-3H3,(H,17,18). The molecule has 2 N–H and O–H groups in total. The Bertz CT molecular complexity index is 551. The lowest BCUT2D eigenvalue weighted by Crippen LogP contribution is -2.25. The van der Waals surface area contributed by atoms with Gasteiger partial charge in [0.25, 0.3) is 0 Å². The smallest absolute Gasteiger partial charge is 0.226 e. The molecule has 0 saturated carbocycles. The maximum Gasteiger partial charge on any atom is 0.226 e. The third-order valence-electron chi connectivity index (χ3n) is 3.01. The molecule has 0 bridgehead atoms. The van der Waals surface area contributed by atoms with Gasteiger partial charge in [0, 0.05) is 18.2 Å². The Hall–Kier alpha value is -1.40. The second-order valence-electron chi connectivity index (χ2n) is 5.33. The van der Waals surface area contributed by atoms with Gasteiger partial charge in [-0.25, -0.2) is 13.1 Å². The highest BCUT2D eigenvalue weighted by molar-refractivity contribution is 7.89. The van der Waals surface area contributed by atoms with Gasteiger partial charge >= 0.3 is 0 Å². The van der Waals surface area contributed by atoms with Crippen molar-refractivity contribution < 1.29 is 13.2 Å². The summed E-state index contributed by atoms with van der Waals surface area (Å²) in [7, 11) is -3.20. The Kier molecular flexibility index (Phi) is 6.84. The van der Waals surface area contributed by atoms with E-state index in [1.165, 1.54) is 0 Å². The molecule has 0 saturated heterocycles. The SMILES string of the molecule is CCCCS(=O)(=O)NCc1ccc(NC(=O)C(C)C)cc1. The molecule has 0 spiro atoms. The lowest BCUT2D eigenvalue weighted by molar-refractivity contribution is -0.118. The van der Waals surface area contributed by atoms with Gasteiger partial charge in [0.1, 0.15) is 0 Å². The number of rotatable bonds is 8. The molecule has 1 aromatic rings. The summed E-state index contributed by atoms with van der Waals surface area (Å²) in [6.07, 6.45) is 1.51. The van der Waals surface area contributed by atoms with Crippen LogP contribution in [-0.2, 0) is 21.4 Å². The van der Waals surface area contributed by atoms with Gasteiger partial charge < -0.3 is 5.32 Å². The van der Waals surface area contributed by atoms with Gasteiger partial charge in [-0.1, -0.05) is 39.3 Å². The zero-order valence-electron chi connectivity index (χ0n) is 12.8. The molecule has 1 aromatic carbocycles. The van der Waals surface area contributed by atoms with Crippen LogP contribution in [0, 0.1) is 5.92 Å². The minimum Gasteiger partial charge on any atom is -0.326 e. The van der Waals surface area contributed by atoms with E-state index in [1.54, 1.807) is 24.3 Å². The van der Waals surface area contributed by atoms with Gasteiger partial charge in [-0.05, 0) is 24.1 Å². The van der Waals surface area contributed by atoms with Crippen LogP contribution in [-0.4, -0.2) is 20.1 Å². The van der Waals surface area contributed by atoms with Gasteiger partial charge in [0.05, 0.1) is 5.75 Å². The van der Waals surface area contributed by atoms with Gasteiger partial charge in [-0.3, -0.25) is 4.79 Å². The second-order valence-corrected chi connectivity index (χ2v) is 7.26. The molecular formula is C15H24N2O3S. The predicted molar refractivity (Wildman–Crippen MR) is 85.4 cm³/mol. The first-order chi connectivity index (χ1) is 9.84. The van der Waals surface area contributed by atoms with Crippen molar-refractivity contribution in [2.45, 2.75) is 40.2 Å². The molecule has 1 amide bonds. The number of hydrogen-bond donors (Lipinski definition) is 2. The number of carbonyl (C=O) groups is 1. The Morgan fingerprint density at radius 2 is 1.81 bits per heavy atom. The van der Waals surface area contributed by atoms with Crippen LogP contribution in [0.5, 0.6) is 0 Å². The molecule has 0 atom stereocenters. The monoisotopic (exact) mass is 312 g/mol. The highest BCUT2D eigenvalue weighted by Gasteiger charge is 2.09. The Morgan fingerprint density at radius 1 is 1.19 bits per heavy atom. The van der Waals surface area contributed by atoms with Crippen LogP contribution in [0.25, 0.3) is 0 Å². The van der Waals surface area contributed by atoms with Gasteiger partial charge in [-0.15, -0.1) is 0 Å². The Labute approximate surface area is 127 Å². The van der Waals surface area contributed by atoms with Crippen molar-refractivity contribution in [1.29, 1.82) is 0 Å². The number of unbranched alkanes of at least 4 members (excludes halogenated alkanes) is 1. The molecule has 5 nitrogen and oxygen atoms in total. The summed E-state index contributed by atoms with van der Waals surface area (Å²) in [5, 5.41) is 2.79. The van der Waals surface area contributed by atoms with E-state index in [1.807, 2.05) is 20.8 Å². The van der Waals surface area contributed by atoms with Crippen LogP contribution in [0.1, 0.15) is 39.2 Å². The normalized spacial score (nSPS) is 11.6. The van der Waals surface area contributed by atoms with Crippen LogP contribution in [0.15, 0.2) is 24.3 Å². The molecular weight excluding hydrogens is 288 g/mol. The predicted octanol–water partition coefficient (Wildman–Crippen LogP) is 2.50. The highest BCUT2D eigenvalue weighted by atomic mass is 32.2. The van der Waals surface area contributed by atoms with Crippen molar-refractivity contribution in [2.24, 2.45) is 5.92 Å². The fourth-order valence-corrected chi connectivity index (χ4v) is 2.79. The molecule has 118 valence electrons. The highest BCUT2D eigenvalue weighted by Crippen LogP contribution is 2.11. The van der Waals surface area contributed by atoms with Crippen LogP contribution in [0.3, 0.4) is 0 Å². The molecule has 21 heavy (non-hydrogen) atoms. The summed E-state index contributed by atoms with van der Waals surface area (Å²) < 4.78 is 25.9. The number of anilines is 1. The van der Waals surface area contributed by atoms with E-state index in [0.29, 0.717) is 12.1 Å². The van der Waals surface area contributed by atoms with Crippen molar-refractivity contribution in [3.8, 4) is 0 Å². The number of sulfonamides is 1. The largest absolute Gasteiger partial charge is 0.326 e. The number of hydrogen-bond acceptors (Lipinski definition) is 3. The Morgan fingerprint density at radius 3 is 2.33 bits per heavy atom. The van der Waals surface area contributed by atoms with Gasteiger partial charge in [0.15, 0.2) is 0 Å². The Balaban J connectivity index is 2.53. The topological polar surface area (TPSA) is 75.3 Å². The fourth-order valence-electron chi connectivity index (χ4n) is 1.59. The van der Waals surface area contributed by atoms with E-state index >= 15 is 0 Å². The minimum absolute atomic E-state index is 0.0389. The molecule has 0 aliphatic carbocycles. The van der Waals surface area contributed by atoms with Gasteiger partial charge in [-0.2, -0.15) is 0 Å². The third-order valence-corrected chi connectivity index (χ3v) is 4.42. The molecule has 0 radical (unpaired) electrons. The van der Waals surface area contributed by atoms with Crippen molar-refractivity contribution in [2.75, 3.05) is 11.1 Å². The van der Waals surface area contributed by atoms with Crippen molar-refractivity contribution in [1.82, 2.24) is 4.72 Å². The lowest BCUT2D eigenvalue weighted by atomic mass is 10.2. The average molecular weight is 312 g/mol.